The van der Waals surface area contributed by atoms with E-state index in [9.17, 15) is 0 Å². The van der Waals surface area contributed by atoms with Gasteiger partial charge in [-0.05, 0) is 29.0 Å². The summed E-state index contributed by atoms with van der Waals surface area (Å²) in [6.45, 7) is 0.900. The second-order valence-corrected chi connectivity index (χ2v) is 5.53. The van der Waals surface area contributed by atoms with E-state index in [-0.39, 0.29) is 0 Å². The second-order valence-electron chi connectivity index (χ2n) is 4.38. The van der Waals surface area contributed by atoms with E-state index < -0.39 is 0 Å². The van der Waals surface area contributed by atoms with Crippen LogP contribution in [-0.2, 0) is 6.54 Å². The van der Waals surface area contributed by atoms with Gasteiger partial charge in [0.2, 0.25) is 5.82 Å². The fourth-order valence-corrected chi connectivity index (χ4v) is 3.25. The van der Waals surface area contributed by atoms with E-state index in [1.165, 1.54) is 23.5 Å². The molecule has 1 atom stereocenters. The highest BCUT2D eigenvalue weighted by Crippen LogP contribution is 2.18. The summed E-state index contributed by atoms with van der Waals surface area (Å²) < 4.78 is 0. The molecule has 0 amide bonds. The van der Waals surface area contributed by atoms with Crippen LogP contribution in [0.4, 0.5) is 0 Å². The number of benzene rings is 1. The third kappa shape index (κ3) is 2.70. The van der Waals surface area contributed by atoms with Crippen LogP contribution in [0.5, 0.6) is 0 Å². The normalized spacial score (nSPS) is 19.2. The zero-order chi connectivity index (χ0) is 12.2. The van der Waals surface area contributed by atoms with Gasteiger partial charge < -0.3 is 5.32 Å². The first kappa shape index (κ1) is 11.7. The molecule has 1 aliphatic rings. The Labute approximate surface area is 110 Å². The highest BCUT2D eigenvalue weighted by Gasteiger charge is 2.14. The lowest BCUT2D eigenvalue weighted by Crippen LogP contribution is -2.27. The Morgan fingerprint density at radius 1 is 1.44 bits per heavy atom. The summed E-state index contributed by atoms with van der Waals surface area (Å²) in [4.78, 5) is 0. The summed E-state index contributed by atoms with van der Waals surface area (Å²) in [5.74, 6) is 3.15. The molecule has 1 aromatic carbocycles. The predicted molar refractivity (Wildman–Crippen MR) is 72.2 cm³/mol. The van der Waals surface area contributed by atoms with Gasteiger partial charge in [0.05, 0.1) is 0 Å². The van der Waals surface area contributed by atoms with Crippen molar-refractivity contribution in [3.63, 3.8) is 0 Å². The smallest absolute Gasteiger partial charge is 0.204 e. The van der Waals surface area contributed by atoms with E-state index in [1.54, 1.807) is 0 Å². The number of tetrazole rings is 1. The number of nitrogens with zero attached hydrogens (tertiary/aromatic N) is 3. The fraction of sp³-hybridized carbons (Fsp3) is 0.417. The third-order valence-electron chi connectivity index (χ3n) is 3.06. The number of hydrogen-bond donors (Lipinski definition) is 2. The molecule has 1 fully saturated rings. The first-order valence-electron chi connectivity index (χ1n) is 6.06. The van der Waals surface area contributed by atoms with Gasteiger partial charge in [-0.2, -0.15) is 17.0 Å². The molecule has 5 nitrogen and oxygen atoms in total. The van der Waals surface area contributed by atoms with Crippen molar-refractivity contribution in [2.45, 2.75) is 19.0 Å². The zero-order valence-electron chi connectivity index (χ0n) is 9.97. The molecule has 0 saturated carbocycles. The average Bonchev–Trinajstić information content (AvgIpc) is 3.10. The molecule has 0 spiro atoms. The minimum Gasteiger partial charge on any atom is -0.309 e. The van der Waals surface area contributed by atoms with Crippen LogP contribution < -0.4 is 5.32 Å². The van der Waals surface area contributed by atoms with Crippen LogP contribution in [0.15, 0.2) is 24.3 Å². The second kappa shape index (κ2) is 5.49. The Hall–Kier alpha value is -1.40. The molecule has 2 heterocycles. The summed E-state index contributed by atoms with van der Waals surface area (Å²) in [7, 11) is 0. The Morgan fingerprint density at radius 2 is 2.44 bits per heavy atom. The highest BCUT2D eigenvalue weighted by molar-refractivity contribution is 7.99. The van der Waals surface area contributed by atoms with Crippen LogP contribution in [0.3, 0.4) is 0 Å². The van der Waals surface area contributed by atoms with Crippen molar-refractivity contribution in [2.75, 3.05) is 11.5 Å². The fourth-order valence-electron chi connectivity index (χ4n) is 2.06. The first-order chi connectivity index (χ1) is 8.92. The van der Waals surface area contributed by atoms with E-state index in [0.717, 1.165) is 12.1 Å². The van der Waals surface area contributed by atoms with Crippen molar-refractivity contribution in [2.24, 2.45) is 0 Å². The quantitative estimate of drug-likeness (QED) is 0.872. The van der Waals surface area contributed by atoms with E-state index >= 15 is 0 Å². The topological polar surface area (TPSA) is 66.5 Å². The number of H-pyrrole nitrogens is 1. The lowest BCUT2D eigenvalue weighted by molar-refractivity contribution is 0.558. The summed E-state index contributed by atoms with van der Waals surface area (Å²) in [5, 5.41) is 17.6. The lowest BCUT2D eigenvalue weighted by Gasteiger charge is -2.11. The van der Waals surface area contributed by atoms with Crippen molar-refractivity contribution < 1.29 is 0 Å². The van der Waals surface area contributed by atoms with Crippen LogP contribution in [0, 0.1) is 0 Å². The molecule has 3 rings (SSSR count). The van der Waals surface area contributed by atoms with Crippen molar-refractivity contribution in [1.82, 2.24) is 25.9 Å². The maximum absolute atomic E-state index is 3.99. The van der Waals surface area contributed by atoms with Gasteiger partial charge in [0.15, 0.2) is 0 Å². The summed E-state index contributed by atoms with van der Waals surface area (Å²) in [5.41, 5.74) is 2.26. The van der Waals surface area contributed by atoms with Gasteiger partial charge >= 0.3 is 0 Å². The minimum atomic E-state index is 0.647. The van der Waals surface area contributed by atoms with Gasteiger partial charge in [-0.3, -0.25) is 0 Å². The maximum Gasteiger partial charge on any atom is 0.204 e. The van der Waals surface area contributed by atoms with Crippen molar-refractivity contribution in [1.29, 1.82) is 0 Å². The third-order valence-corrected chi connectivity index (χ3v) is 4.22. The highest BCUT2D eigenvalue weighted by atomic mass is 32.2. The number of nitrogens with one attached hydrogen (secondary N) is 2. The number of aromatic nitrogens is 4. The van der Waals surface area contributed by atoms with Crippen LogP contribution >= 0.6 is 11.8 Å². The molecule has 6 heteroatoms. The molecule has 1 aliphatic heterocycles. The van der Waals surface area contributed by atoms with Gasteiger partial charge in [0.25, 0.3) is 0 Å². The zero-order valence-corrected chi connectivity index (χ0v) is 10.8. The SMILES string of the molecule is c1cc(CNC2CCSC2)cc(-c2nn[nH]n2)c1. The van der Waals surface area contributed by atoms with Crippen molar-refractivity contribution in [3.8, 4) is 11.4 Å². The van der Waals surface area contributed by atoms with Crippen LogP contribution in [0.25, 0.3) is 11.4 Å². The molecule has 1 unspecified atom stereocenters. The Balaban J connectivity index is 1.67. The minimum absolute atomic E-state index is 0.647. The Morgan fingerprint density at radius 3 is 3.22 bits per heavy atom. The molecule has 0 aliphatic carbocycles. The van der Waals surface area contributed by atoms with E-state index in [1.807, 2.05) is 23.9 Å². The summed E-state index contributed by atoms with van der Waals surface area (Å²) in [6.07, 6.45) is 1.27. The number of rotatable bonds is 4. The Bertz CT molecular complexity index is 493. The van der Waals surface area contributed by atoms with Gasteiger partial charge in [-0.15, -0.1) is 10.2 Å². The molecule has 1 saturated heterocycles. The van der Waals surface area contributed by atoms with Crippen molar-refractivity contribution >= 4 is 11.8 Å². The molecular formula is C12H15N5S. The predicted octanol–water partition coefficient (Wildman–Crippen LogP) is 1.46. The monoisotopic (exact) mass is 261 g/mol. The molecular weight excluding hydrogens is 246 g/mol. The van der Waals surface area contributed by atoms with Gasteiger partial charge in [-0.25, -0.2) is 0 Å². The number of aromatic amines is 1. The molecule has 18 heavy (non-hydrogen) atoms. The average molecular weight is 261 g/mol. The molecule has 0 radical (unpaired) electrons. The molecule has 1 aromatic heterocycles. The molecule has 0 bridgehead atoms. The molecule has 94 valence electrons. The van der Waals surface area contributed by atoms with Crippen LogP contribution in [-0.4, -0.2) is 38.2 Å². The maximum atomic E-state index is 3.99. The van der Waals surface area contributed by atoms with E-state index in [2.05, 4.69) is 38.1 Å². The Kier molecular flexibility index (Phi) is 3.56. The van der Waals surface area contributed by atoms with Gasteiger partial charge in [-0.1, -0.05) is 18.2 Å². The largest absolute Gasteiger partial charge is 0.309 e. The van der Waals surface area contributed by atoms with Gasteiger partial charge in [0, 0.05) is 23.9 Å². The van der Waals surface area contributed by atoms with E-state index in [4.69, 9.17) is 0 Å². The van der Waals surface area contributed by atoms with Gasteiger partial charge in [0.1, 0.15) is 0 Å². The molecule has 2 aromatic rings. The lowest BCUT2D eigenvalue weighted by atomic mass is 10.1. The van der Waals surface area contributed by atoms with Crippen LogP contribution in [0.2, 0.25) is 0 Å². The number of hydrogen-bond acceptors (Lipinski definition) is 5. The number of thioether (sulfide) groups is 1. The van der Waals surface area contributed by atoms with E-state index in [0.29, 0.717) is 11.9 Å². The van der Waals surface area contributed by atoms with Crippen molar-refractivity contribution in [3.05, 3.63) is 29.8 Å². The first-order valence-corrected chi connectivity index (χ1v) is 7.21. The summed E-state index contributed by atoms with van der Waals surface area (Å²) >= 11 is 2.02. The molecule has 2 N–H and O–H groups in total. The standard InChI is InChI=1S/C12H15N5S/c1-2-9(7-13-11-4-5-18-8-11)6-10(3-1)12-14-16-17-15-12/h1-3,6,11,13H,4-5,7-8H2,(H,14,15,16,17). The van der Waals surface area contributed by atoms with Crippen LogP contribution in [0.1, 0.15) is 12.0 Å². The summed E-state index contributed by atoms with van der Waals surface area (Å²) in [6, 6.07) is 8.92.